The number of halogens is 2. The van der Waals surface area contributed by atoms with Gasteiger partial charge in [0.2, 0.25) is 0 Å². The molecule has 0 saturated carbocycles. The number of hydrogen-bond donors (Lipinski definition) is 2. The topological polar surface area (TPSA) is 36.0 Å². The van der Waals surface area contributed by atoms with Crippen molar-refractivity contribution in [2.75, 3.05) is 12.9 Å². The van der Waals surface area contributed by atoms with Crippen LogP contribution in [0.15, 0.2) is 42.6 Å². The summed E-state index contributed by atoms with van der Waals surface area (Å²) in [5.74, 6) is 0.359. The lowest BCUT2D eigenvalue weighted by Crippen LogP contribution is -2.05. The maximum Gasteiger partial charge on any atom is 0.128 e. The summed E-state index contributed by atoms with van der Waals surface area (Å²) in [6.07, 6.45) is 4.46. The van der Waals surface area contributed by atoms with Crippen molar-refractivity contribution in [2.45, 2.75) is 18.1 Å². The van der Waals surface area contributed by atoms with Crippen molar-refractivity contribution >= 4 is 34.3 Å². The van der Waals surface area contributed by atoms with Crippen LogP contribution in [0.1, 0.15) is 29.0 Å². The number of nitrogens with one attached hydrogen (secondary N) is 1. The molecule has 0 amide bonds. The second-order valence-corrected chi connectivity index (χ2v) is 7.05. The molecule has 3 rings (SSSR count). The third-order valence-corrected chi connectivity index (χ3v) is 5.10. The van der Waals surface area contributed by atoms with E-state index in [9.17, 15) is 9.50 Å². The summed E-state index contributed by atoms with van der Waals surface area (Å²) in [6.45, 7) is -0.0100. The normalized spacial score (nSPS) is 12.7. The van der Waals surface area contributed by atoms with Crippen LogP contribution in [0.5, 0.6) is 0 Å². The van der Waals surface area contributed by atoms with Crippen LogP contribution < -0.4 is 0 Å². The first-order chi connectivity index (χ1) is 11.7. The molecule has 0 fully saturated rings. The van der Waals surface area contributed by atoms with Crippen LogP contribution in [0.2, 0.25) is 5.02 Å². The van der Waals surface area contributed by atoms with Crippen LogP contribution in [-0.2, 0) is 5.75 Å². The quantitative estimate of drug-likeness (QED) is 0.620. The first-order valence-corrected chi connectivity index (χ1v) is 9.56. The van der Waals surface area contributed by atoms with E-state index in [-0.39, 0.29) is 18.3 Å². The van der Waals surface area contributed by atoms with Crippen molar-refractivity contribution in [3.8, 4) is 0 Å². The molecule has 2 aromatic carbocycles. The van der Waals surface area contributed by atoms with Gasteiger partial charge in [0.25, 0.3) is 0 Å². The Morgan fingerprint density at radius 2 is 2.08 bits per heavy atom. The number of aromatic nitrogens is 1. The van der Waals surface area contributed by atoms with Crippen LogP contribution in [-0.4, -0.2) is 23.0 Å². The molecule has 0 aliphatic rings. The number of rotatable bonds is 6. The highest BCUT2D eigenvalue weighted by molar-refractivity contribution is 7.97. The van der Waals surface area contributed by atoms with Crippen molar-refractivity contribution in [3.05, 3.63) is 70.1 Å². The summed E-state index contributed by atoms with van der Waals surface area (Å²) in [6, 6.07) is 10.9. The molecule has 126 valence electrons. The third kappa shape index (κ3) is 3.32. The van der Waals surface area contributed by atoms with Gasteiger partial charge in [0, 0.05) is 40.4 Å². The largest absolute Gasteiger partial charge is 0.396 e. The molecule has 0 radical (unpaired) electrons. The Kier molecular flexibility index (Phi) is 5.49. The maximum absolute atomic E-state index is 14.4. The Morgan fingerprint density at radius 1 is 1.25 bits per heavy atom. The fourth-order valence-corrected chi connectivity index (χ4v) is 3.90. The van der Waals surface area contributed by atoms with Gasteiger partial charge in [-0.2, -0.15) is 11.8 Å². The van der Waals surface area contributed by atoms with E-state index in [1.54, 1.807) is 23.9 Å². The summed E-state index contributed by atoms with van der Waals surface area (Å²) in [5.41, 5.74) is 3.87. The smallest absolute Gasteiger partial charge is 0.128 e. The van der Waals surface area contributed by atoms with E-state index in [2.05, 4.69) is 17.3 Å². The van der Waals surface area contributed by atoms with Gasteiger partial charge < -0.3 is 10.1 Å². The molecule has 3 aromatic rings. The summed E-state index contributed by atoms with van der Waals surface area (Å²) in [7, 11) is 0. The second kappa shape index (κ2) is 7.60. The number of hydrogen-bond acceptors (Lipinski definition) is 2. The molecule has 0 spiro atoms. The molecule has 0 aliphatic heterocycles. The minimum Gasteiger partial charge on any atom is -0.396 e. The number of aliphatic hydroxyl groups excluding tert-OH is 1. The number of aromatic amines is 1. The van der Waals surface area contributed by atoms with E-state index in [1.165, 1.54) is 11.6 Å². The summed E-state index contributed by atoms with van der Waals surface area (Å²) in [5, 5.41) is 10.9. The summed E-state index contributed by atoms with van der Waals surface area (Å²) >= 11 is 7.64. The van der Waals surface area contributed by atoms with Crippen LogP contribution >= 0.6 is 23.4 Å². The fourth-order valence-electron chi connectivity index (χ4n) is 3.19. The molecule has 0 saturated heterocycles. The minimum absolute atomic E-state index is 0.0100. The molecular formula is C19H19ClFNOS. The van der Waals surface area contributed by atoms with Gasteiger partial charge in [0.1, 0.15) is 5.82 Å². The fraction of sp³-hybridized carbons (Fsp3) is 0.263. The molecule has 1 aromatic heterocycles. The molecule has 1 unspecified atom stereocenters. The number of benzene rings is 2. The van der Waals surface area contributed by atoms with Crippen molar-refractivity contribution in [1.82, 2.24) is 4.98 Å². The molecular weight excluding hydrogens is 345 g/mol. The summed E-state index contributed by atoms with van der Waals surface area (Å²) < 4.78 is 14.4. The average molecular weight is 364 g/mol. The van der Waals surface area contributed by atoms with Crippen molar-refractivity contribution in [3.63, 3.8) is 0 Å². The number of H-pyrrole nitrogens is 1. The minimum atomic E-state index is -0.337. The Balaban J connectivity index is 2.12. The standard InChI is InChI=1S/C19H19ClFNOS/c1-24-11-12-3-2-4-16-17(10-22-19(12)16)14(7-8-23)15-6-5-13(20)9-18(15)21/h2-6,9-10,14,22-23H,7-8,11H2,1H3. The van der Waals surface area contributed by atoms with Crippen LogP contribution in [0.4, 0.5) is 4.39 Å². The second-order valence-electron chi connectivity index (χ2n) is 5.75. The van der Waals surface area contributed by atoms with Gasteiger partial charge in [-0.3, -0.25) is 0 Å². The van der Waals surface area contributed by atoms with Gasteiger partial charge in [0.05, 0.1) is 0 Å². The molecule has 0 bridgehead atoms. The van der Waals surface area contributed by atoms with E-state index in [0.29, 0.717) is 17.0 Å². The van der Waals surface area contributed by atoms with E-state index in [4.69, 9.17) is 11.6 Å². The lowest BCUT2D eigenvalue weighted by molar-refractivity contribution is 0.281. The SMILES string of the molecule is CSCc1cccc2c(C(CCO)c3ccc(Cl)cc3F)c[nH]c12. The van der Waals surface area contributed by atoms with Crippen molar-refractivity contribution in [1.29, 1.82) is 0 Å². The third-order valence-electron chi connectivity index (χ3n) is 4.26. The highest BCUT2D eigenvalue weighted by Crippen LogP contribution is 2.36. The van der Waals surface area contributed by atoms with Gasteiger partial charge in [-0.15, -0.1) is 0 Å². The highest BCUT2D eigenvalue weighted by Gasteiger charge is 2.21. The zero-order chi connectivity index (χ0) is 17.1. The first kappa shape index (κ1) is 17.3. The van der Waals surface area contributed by atoms with E-state index < -0.39 is 0 Å². The number of para-hydroxylation sites is 1. The predicted octanol–water partition coefficient (Wildman–Crippen LogP) is 5.34. The van der Waals surface area contributed by atoms with Crippen molar-refractivity contribution in [2.24, 2.45) is 0 Å². The van der Waals surface area contributed by atoms with Gasteiger partial charge >= 0.3 is 0 Å². The molecule has 1 heterocycles. The average Bonchev–Trinajstić information content (AvgIpc) is 2.98. The van der Waals surface area contributed by atoms with Crippen LogP contribution in [0, 0.1) is 5.82 Å². The molecule has 0 aliphatic carbocycles. The van der Waals surface area contributed by atoms with Gasteiger partial charge in [-0.25, -0.2) is 4.39 Å². The number of thioether (sulfide) groups is 1. The summed E-state index contributed by atoms with van der Waals surface area (Å²) in [4.78, 5) is 3.34. The molecule has 1 atom stereocenters. The molecule has 5 heteroatoms. The lowest BCUT2D eigenvalue weighted by atomic mass is 9.88. The molecule has 24 heavy (non-hydrogen) atoms. The first-order valence-electron chi connectivity index (χ1n) is 7.79. The number of aliphatic hydroxyl groups is 1. The Morgan fingerprint density at radius 3 is 2.79 bits per heavy atom. The van der Waals surface area contributed by atoms with Crippen LogP contribution in [0.25, 0.3) is 10.9 Å². The number of fused-ring (bicyclic) bond motifs is 1. The zero-order valence-electron chi connectivity index (χ0n) is 13.4. The molecule has 2 nitrogen and oxygen atoms in total. The van der Waals surface area contributed by atoms with E-state index in [1.807, 2.05) is 18.3 Å². The zero-order valence-corrected chi connectivity index (χ0v) is 14.9. The Labute approximate surface area is 150 Å². The van der Waals surface area contributed by atoms with E-state index >= 15 is 0 Å². The van der Waals surface area contributed by atoms with Crippen LogP contribution in [0.3, 0.4) is 0 Å². The molecule has 2 N–H and O–H groups in total. The maximum atomic E-state index is 14.4. The Bertz CT molecular complexity index is 848. The van der Waals surface area contributed by atoms with E-state index in [0.717, 1.165) is 22.2 Å². The predicted molar refractivity (Wildman–Crippen MR) is 100 cm³/mol. The monoisotopic (exact) mass is 363 g/mol. The van der Waals surface area contributed by atoms with Gasteiger partial charge in [0.15, 0.2) is 0 Å². The highest BCUT2D eigenvalue weighted by atomic mass is 35.5. The van der Waals surface area contributed by atoms with Gasteiger partial charge in [-0.05, 0) is 41.5 Å². The lowest BCUT2D eigenvalue weighted by Gasteiger charge is -2.17. The van der Waals surface area contributed by atoms with Gasteiger partial charge in [-0.1, -0.05) is 35.9 Å². The Hall–Kier alpha value is -1.49. The van der Waals surface area contributed by atoms with Crippen molar-refractivity contribution < 1.29 is 9.50 Å².